The molecule has 0 bridgehead atoms. The molecule has 0 amide bonds. The van der Waals surface area contributed by atoms with Crippen LogP contribution in [0.15, 0.2) is 42.7 Å². The number of aromatic nitrogens is 2. The van der Waals surface area contributed by atoms with Gasteiger partial charge in [-0.3, -0.25) is 4.40 Å². The summed E-state index contributed by atoms with van der Waals surface area (Å²) in [7, 11) is 0. The summed E-state index contributed by atoms with van der Waals surface area (Å²) in [6.07, 6.45) is 3.60. The summed E-state index contributed by atoms with van der Waals surface area (Å²) in [6.45, 7) is 1.99. The second kappa shape index (κ2) is 3.77. The van der Waals surface area contributed by atoms with Gasteiger partial charge >= 0.3 is 0 Å². The molecule has 4 heteroatoms. The number of aryl methyl sites for hydroxylation is 1. The van der Waals surface area contributed by atoms with E-state index in [1.54, 1.807) is 18.3 Å². The Bertz CT molecular complexity index is 732. The van der Waals surface area contributed by atoms with Gasteiger partial charge in [0.15, 0.2) is 0 Å². The summed E-state index contributed by atoms with van der Waals surface area (Å²) >= 11 is 0. The fraction of sp³-hybridized carbons (Fsp3) is 0.0714. The Balaban J connectivity index is 2.36. The van der Waals surface area contributed by atoms with Crippen molar-refractivity contribution in [2.75, 3.05) is 0 Å². The Labute approximate surface area is 104 Å². The molecule has 90 valence electrons. The van der Waals surface area contributed by atoms with Crippen molar-refractivity contribution in [1.29, 1.82) is 0 Å². The van der Waals surface area contributed by atoms with E-state index >= 15 is 0 Å². The van der Waals surface area contributed by atoms with E-state index in [2.05, 4.69) is 4.98 Å². The number of pyridine rings is 1. The average Bonchev–Trinajstić information content (AvgIpc) is 2.79. The Kier molecular flexibility index (Phi) is 2.23. The van der Waals surface area contributed by atoms with Crippen LogP contribution in [0, 0.1) is 6.92 Å². The van der Waals surface area contributed by atoms with E-state index in [1.165, 1.54) is 6.07 Å². The van der Waals surface area contributed by atoms with E-state index in [-0.39, 0.29) is 5.75 Å². The van der Waals surface area contributed by atoms with Crippen molar-refractivity contribution >= 4 is 5.65 Å². The molecule has 0 fully saturated rings. The van der Waals surface area contributed by atoms with E-state index in [4.69, 9.17) is 5.11 Å². The summed E-state index contributed by atoms with van der Waals surface area (Å²) in [6, 6.07) is 8.80. The number of fused-ring (bicyclic) bond motifs is 1. The van der Waals surface area contributed by atoms with Crippen LogP contribution in [0.2, 0.25) is 0 Å². The summed E-state index contributed by atoms with van der Waals surface area (Å²) in [4.78, 5) is 4.24. The zero-order valence-corrected chi connectivity index (χ0v) is 9.88. The van der Waals surface area contributed by atoms with Crippen molar-refractivity contribution in [2.45, 2.75) is 6.92 Å². The molecular weight excluding hydrogens is 228 g/mol. The molecule has 3 N–H and O–H groups in total. The van der Waals surface area contributed by atoms with Gasteiger partial charge in [-0.2, -0.15) is 0 Å². The van der Waals surface area contributed by atoms with Crippen molar-refractivity contribution in [3.05, 3.63) is 48.3 Å². The standard InChI is InChI=1S/C14H12N2O2/c1-9-2-5-13-15-6-7-16(13)14(9)11-4-3-10(17)8-12(11)18/h2-8,17-18H,1H3/p+1. The van der Waals surface area contributed by atoms with Crippen molar-refractivity contribution in [1.82, 2.24) is 9.38 Å². The van der Waals surface area contributed by atoms with Crippen LogP contribution in [-0.4, -0.2) is 19.6 Å². The lowest BCUT2D eigenvalue weighted by atomic mass is 10.1. The van der Waals surface area contributed by atoms with Gasteiger partial charge in [0.2, 0.25) is 0 Å². The molecule has 18 heavy (non-hydrogen) atoms. The van der Waals surface area contributed by atoms with E-state index in [1.807, 2.05) is 29.7 Å². The molecule has 0 aliphatic heterocycles. The number of rotatable bonds is 1. The summed E-state index contributed by atoms with van der Waals surface area (Å²) in [5.41, 5.74) is 3.51. The number of nitrogens with zero attached hydrogens (tertiary/aromatic N) is 2. The molecule has 0 aliphatic rings. The zero-order valence-electron chi connectivity index (χ0n) is 9.88. The van der Waals surface area contributed by atoms with E-state index in [0.29, 0.717) is 11.3 Å². The highest BCUT2D eigenvalue weighted by molar-refractivity contribution is 5.73. The molecule has 3 aromatic rings. The van der Waals surface area contributed by atoms with Gasteiger partial charge in [0, 0.05) is 24.0 Å². The maximum atomic E-state index is 10.0. The highest BCUT2D eigenvalue weighted by atomic mass is 16.3. The molecule has 0 unspecified atom stereocenters. The molecule has 0 radical (unpaired) electrons. The molecule has 2 heterocycles. The molecule has 4 nitrogen and oxygen atoms in total. The predicted octanol–water partition coefficient (Wildman–Crippen LogP) is 2.45. The van der Waals surface area contributed by atoms with Gasteiger partial charge in [-0.25, -0.2) is 4.98 Å². The molecular formula is C14H13N2O2+. The van der Waals surface area contributed by atoms with Gasteiger partial charge in [0.25, 0.3) is 5.75 Å². The van der Waals surface area contributed by atoms with Crippen LogP contribution in [-0.2, 0) is 0 Å². The third-order valence-electron chi connectivity index (χ3n) is 3.02. The van der Waals surface area contributed by atoms with Crippen molar-refractivity contribution in [3.63, 3.8) is 0 Å². The van der Waals surface area contributed by atoms with Gasteiger partial charge in [-0.05, 0) is 24.6 Å². The number of benzene rings is 1. The number of phenolic OH excluding ortho intramolecular Hbond substituents is 1. The van der Waals surface area contributed by atoms with E-state index in [0.717, 1.165) is 16.9 Å². The number of imidazole rings is 1. The predicted molar refractivity (Wildman–Crippen MR) is 70.1 cm³/mol. The second-order valence-electron chi connectivity index (χ2n) is 4.25. The average molecular weight is 241 g/mol. The molecule has 3 rings (SSSR count). The smallest absolute Gasteiger partial charge is 0.257 e. The Hall–Kier alpha value is -2.49. The minimum Gasteiger partial charge on any atom is -0.593 e. The number of hydrogen-bond acceptors (Lipinski definition) is 2. The van der Waals surface area contributed by atoms with Gasteiger partial charge in [-0.1, -0.05) is 6.07 Å². The zero-order chi connectivity index (χ0) is 12.7. The molecule has 1 aromatic carbocycles. The molecule has 0 saturated heterocycles. The van der Waals surface area contributed by atoms with Gasteiger partial charge in [0.1, 0.15) is 11.4 Å². The van der Waals surface area contributed by atoms with E-state index in [9.17, 15) is 5.11 Å². The molecule has 0 spiro atoms. The van der Waals surface area contributed by atoms with Crippen LogP contribution in [0.3, 0.4) is 0 Å². The number of phenols is 1. The SMILES string of the molecule is Cc1ccc2nccn2c1-c1ccc([OH2+])cc1O. The van der Waals surface area contributed by atoms with Crippen LogP contribution >= 0.6 is 0 Å². The fourth-order valence-corrected chi connectivity index (χ4v) is 2.17. The molecule has 0 atom stereocenters. The highest BCUT2D eigenvalue weighted by Gasteiger charge is 2.12. The fourth-order valence-electron chi connectivity index (χ4n) is 2.17. The minimum atomic E-state index is 0.117. The van der Waals surface area contributed by atoms with Crippen molar-refractivity contribution < 1.29 is 10.2 Å². The summed E-state index contributed by atoms with van der Waals surface area (Å²) < 4.78 is 1.94. The molecule has 2 aromatic heterocycles. The minimum absolute atomic E-state index is 0.117. The first-order valence-electron chi connectivity index (χ1n) is 5.64. The second-order valence-corrected chi connectivity index (χ2v) is 4.25. The lowest BCUT2D eigenvalue weighted by Gasteiger charge is -2.10. The first kappa shape index (κ1) is 10.7. The van der Waals surface area contributed by atoms with Crippen LogP contribution in [0.5, 0.6) is 11.5 Å². The van der Waals surface area contributed by atoms with Gasteiger partial charge in [0.05, 0.1) is 11.8 Å². The number of aromatic hydroxyl groups is 1. The highest BCUT2D eigenvalue weighted by Crippen LogP contribution is 2.34. The third kappa shape index (κ3) is 1.50. The number of hydrogen-bond donors (Lipinski definition) is 1. The lowest BCUT2D eigenvalue weighted by molar-refractivity contribution is 0.451. The van der Waals surface area contributed by atoms with Crippen LogP contribution in [0.25, 0.3) is 16.9 Å². The Morgan fingerprint density at radius 3 is 2.83 bits per heavy atom. The monoisotopic (exact) mass is 241 g/mol. The normalized spacial score (nSPS) is 10.9. The summed E-state index contributed by atoms with van der Waals surface area (Å²) in [5.74, 6) is 0.415. The third-order valence-corrected chi connectivity index (χ3v) is 3.02. The Morgan fingerprint density at radius 1 is 1.22 bits per heavy atom. The maximum absolute atomic E-state index is 10.0. The van der Waals surface area contributed by atoms with Crippen LogP contribution in [0.4, 0.5) is 0 Å². The van der Waals surface area contributed by atoms with Crippen LogP contribution < -0.4 is 0 Å². The van der Waals surface area contributed by atoms with Crippen molar-refractivity contribution in [2.24, 2.45) is 0 Å². The largest absolute Gasteiger partial charge is 0.593 e. The first-order chi connectivity index (χ1) is 8.66. The topological polar surface area (TPSA) is 60.4 Å². The molecule has 0 saturated carbocycles. The summed E-state index contributed by atoms with van der Waals surface area (Å²) in [5, 5.41) is 17.5. The van der Waals surface area contributed by atoms with Crippen molar-refractivity contribution in [3.8, 4) is 22.8 Å². The van der Waals surface area contributed by atoms with Gasteiger partial charge in [-0.15, -0.1) is 0 Å². The first-order valence-corrected chi connectivity index (χ1v) is 5.64. The van der Waals surface area contributed by atoms with E-state index < -0.39 is 0 Å². The van der Waals surface area contributed by atoms with Crippen LogP contribution in [0.1, 0.15) is 5.56 Å². The quantitative estimate of drug-likeness (QED) is 0.665. The maximum Gasteiger partial charge on any atom is 0.257 e. The van der Waals surface area contributed by atoms with Gasteiger partial charge < -0.3 is 10.2 Å². The lowest BCUT2D eigenvalue weighted by Crippen LogP contribution is -1.94. The molecule has 0 aliphatic carbocycles. The Morgan fingerprint density at radius 2 is 2.06 bits per heavy atom.